The summed E-state index contributed by atoms with van der Waals surface area (Å²) in [6, 6.07) is 0.0647. The Bertz CT molecular complexity index is 294. The van der Waals surface area contributed by atoms with Gasteiger partial charge in [0.15, 0.2) is 0 Å². The summed E-state index contributed by atoms with van der Waals surface area (Å²) in [4.78, 5) is 26.4. The van der Waals surface area contributed by atoms with Gasteiger partial charge in [-0.1, -0.05) is 0 Å². The highest BCUT2D eigenvalue weighted by Crippen LogP contribution is 2.17. The minimum atomic E-state index is -0.982. The Balaban J connectivity index is 1.83. The summed E-state index contributed by atoms with van der Waals surface area (Å²) in [7, 11) is 0. The third-order valence-electron chi connectivity index (χ3n) is 3.58. The molecular formula is C11H19N3O3. The predicted octanol–water partition coefficient (Wildman–Crippen LogP) is -2.55. The van der Waals surface area contributed by atoms with Crippen LogP contribution in [-0.2, 0) is 4.79 Å². The van der Waals surface area contributed by atoms with Crippen LogP contribution in [0, 0.1) is 5.92 Å². The van der Waals surface area contributed by atoms with E-state index in [-0.39, 0.29) is 11.9 Å². The molecule has 2 amide bonds. The van der Waals surface area contributed by atoms with E-state index in [9.17, 15) is 14.7 Å². The van der Waals surface area contributed by atoms with Crippen LogP contribution in [-0.4, -0.2) is 61.1 Å². The summed E-state index contributed by atoms with van der Waals surface area (Å²) in [5, 5.41) is 12.9. The first-order valence-corrected chi connectivity index (χ1v) is 6.25. The van der Waals surface area contributed by atoms with Crippen LogP contribution in [0.25, 0.3) is 0 Å². The molecule has 0 atom stereocenters. The Hall–Kier alpha value is -1.30. The molecule has 96 valence electrons. The van der Waals surface area contributed by atoms with Gasteiger partial charge in [0.2, 0.25) is 0 Å². The van der Waals surface area contributed by atoms with Crippen LogP contribution in [0.2, 0.25) is 0 Å². The molecule has 0 spiro atoms. The third kappa shape index (κ3) is 2.88. The SMILES string of the molecule is O=C([O-])C1CCN(C(=O)N2CC[NH2+]CC2)CC1. The molecule has 0 bridgehead atoms. The number of carbonyl (C=O) groups is 2. The number of likely N-dealkylation sites (tertiary alicyclic amines) is 1. The standard InChI is InChI=1S/C11H19N3O3/c15-10(16)9-1-5-13(6-2-9)11(17)14-7-3-12-4-8-14/h9,12H,1-8H2,(H,15,16). The molecule has 2 aliphatic rings. The molecule has 0 aromatic heterocycles. The zero-order chi connectivity index (χ0) is 12.3. The molecule has 2 fully saturated rings. The normalized spacial score (nSPS) is 22.6. The number of amides is 2. The number of piperidine rings is 1. The summed E-state index contributed by atoms with van der Waals surface area (Å²) in [5.74, 6) is -1.36. The van der Waals surface area contributed by atoms with Crippen molar-refractivity contribution in [3.63, 3.8) is 0 Å². The van der Waals surface area contributed by atoms with Crippen molar-refractivity contribution in [2.24, 2.45) is 5.92 Å². The van der Waals surface area contributed by atoms with E-state index in [4.69, 9.17) is 0 Å². The van der Waals surface area contributed by atoms with Gasteiger partial charge in [-0.15, -0.1) is 0 Å². The third-order valence-corrected chi connectivity index (χ3v) is 3.58. The molecular weight excluding hydrogens is 222 g/mol. The van der Waals surface area contributed by atoms with E-state index in [1.807, 2.05) is 4.90 Å². The Morgan fingerprint density at radius 2 is 1.53 bits per heavy atom. The number of carboxylic acids is 1. The second kappa shape index (κ2) is 5.35. The Morgan fingerprint density at radius 1 is 1.00 bits per heavy atom. The maximum atomic E-state index is 12.1. The second-order valence-electron chi connectivity index (χ2n) is 4.72. The van der Waals surface area contributed by atoms with Crippen LogP contribution in [0.4, 0.5) is 4.79 Å². The first kappa shape index (κ1) is 12.2. The number of piperazine rings is 1. The summed E-state index contributed by atoms with van der Waals surface area (Å²) >= 11 is 0. The van der Waals surface area contributed by atoms with Gasteiger partial charge in [0.1, 0.15) is 0 Å². The van der Waals surface area contributed by atoms with Crippen molar-refractivity contribution in [1.29, 1.82) is 0 Å². The fourth-order valence-electron chi connectivity index (χ4n) is 2.45. The van der Waals surface area contributed by atoms with E-state index < -0.39 is 5.97 Å². The van der Waals surface area contributed by atoms with Crippen LogP contribution in [0.1, 0.15) is 12.8 Å². The highest BCUT2D eigenvalue weighted by molar-refractivity contribution is 5.75. The lowest BCUT2D eigenvalue weighted by atomic mass is 9.97. The first-order valence-electron chi connectivity index (χ1n) is 6.25. The van der Waals surface area contributed by atoms with Gasteiger partial charge in [-0.3, -0.25) is 0 Å². The summed E-state index contributed by atoms with van der Waals surface area (Å²) in [6.07, 6.45) is 1.04. The van der Waals surface area contributed by atoms with E-state index in [0.717, 1.165) is 26.2 Å². The molecule has 6 nitrogen and oxygen atoms in total. The Morgan fingerprint density at radius 3 is 2.06 bits per heavy atom. The first-order chi connectivity index (χ1) is 8.18. The molecule has 6 heteroatoms. The van der Waals surface area contributed by atoms with Crippen molar-refractivity contribution >= 4 is 12.0 Å². The molecule has 2 saturated heterocycles. The molecule has 2 N–H and O–H groups in total. The van der Waals surface area contributed by atoms with Crippen LogP contribution in [0.3, 0.4) is 0 Å². The number of carbonyl (C=O) groups excluding carboxylic acids is 2. The maximum Gasteiger partial charge on any atom is 0.320 e. The van der Waals surface area contributed by atoms with Gasteiger partial charge in [0, 0.05) is 25.0 Å². The number of hydrogen-bond acceptors (Lipinski definition) is 3. The minimum absolute atomic E-state index is 0.0647. The number of rotatable bonds is 1. The molecule has 2 aliphatic heterocycles. The smallest absolute Gasteiger partial charge is 0.320 e. The van der Waals surface area contributed by atoms with Crippen molar-refractivity contribution in [3.05, 3.63) is 0 Å². The topological polar surface area (TPSA) is 80.3 Å². The largest absolute Gasteiger partial charge is 0.550 e. The van der Waals surface area contributed by atoms with Crippen molar-refractivity contribution in [3.8, 4) is 0 Å². The molecule has 0 saturated carbocycles. The van der Waals surface area contributed by atoms with Crippen LogP contribution >= 0.6 is 0 Å². The van der Waals surface area contributed by atoms with Gasteiger partial charge in [-0.25, -0.2) is 4.79 Å². The monoisotopic (exact) mass is 241 g/mol. The van der Waals surface area contributed by atoms with E-state index in [0.29, 0.717) is 25.9 Å². The summed E-state index contributed by atoms with van der Waals surface area (Å²) in [5.41, 5.74) is 0. The van der Waals surface area contributed by atoms with Gasteiger partial charge < -0.3 is 25.0 Å². The average molecular weight is 241 g/mol. The lowest BCUT2D eigenvalue weighted by Gasteiger charge is -2.36. The van der Waals surface area contributed by atoms with Crippen LogP contribution in [0.5, 0.6) is 0 Å². The molecule has 0 unspecified atom stereocenters. The summed E-state index contributed by atoms with van der Waals surface area (Å²) < 4.78 is 0. The van der Waals surface area contributed by atoms with Crippen molar-refractivity contribution in [2.45, 2.75) is 12.8 Å². The lowest BCUT2D eigenvalue weighted by molar-refractivity contribution is -0.662. The molecule has 2 rings (SSSR count). The molecule has 2 heterocycles. The summed E-state index contributed by atoms with van der Waals surface area (Å²) in [6.45, 7) is 4.58. The number of carboxylic acid groups (broad SMARTS) is 1. The quantitative estimate of drug-likeness (QED) is 0.549. The molecule has 0 radical (unpaired) electrons. The Kier molecular flexibility index (Phi) is 3.83. The van der Waals surface area contributed by atoms with Gasteiger partial charge in [0.25, 0.3) is 0 Å². The highest BCUT2D eigenvalue weighted by atomic mass is 16.4. The number of nitrogens with two attached hydrogens (primary N) is 1. The van der Waals surface area contributed by atoms with E-state index in [1.54, 1.807) is 4.90 Å². The predicted molar refractivity (Wildman–Crippen MR) is 57.9 cm³/mol. The Labute approximate surface area is 101 Å². The number of hydrogen-bond donors (Lipinski definition) is 1. The van der Waals surface area contributed by atoms with E-state index in [1.165, 1.54) is 0 Å². The van der Waals surface area contributed by atoms with Gasteiger partial charge in [-0.2, -0.15) is 0 Å². The van der Waals surface area contributed by atoms with Gasteiger partial charge in [-0.05, 0) is 12.8 Å². The zero-order valence-electron chi connectivity index (χ0n) is 9.93. The van der Waals surface area contributed by atoms with Gasteiger partial charge in [0.05, 0.1) is 26.2 Å². The second-order valence-corrected chi connectivity index (χ2v) is 4.72. The number of urea groups is 1. The van der Waals surface area contributed by atoms with Gasteiger partial charge >= 0.3 is 6.03 Å². The number of quaternary nitrogens is 1. The lowest BCUT2D eigenvalue weighted by Crippen LogP contribution is -2.90. The molecule has 0 aromatic carbocycles. The minimum Gasteiger partial charge on any atom is -0.550 e. The number of aliphatic carboxylic acids is 1. The molecule has 17 heavy (non-hydrogen) atoms. The molecule has 0 aliphatic carbocycles. The maximum absolute atomic E-state index is 12.1. The van der Waals surface area contributed by atoms with Crippen molar-refractivity contribution in [1.82, 2.24) is 9.80 Å². The van der Waals surface area contributed by atoms with E-state index in [2.05, 4.69) is 5.32 Å². The fraction of sp³-hybridized carbons (Fsp3) is 0.818. The zero-order valence-corrected chi connectivity index (χ0v) is 9.93. The fourth-order valence-corrected chi connectivity index (χ4v) is 2.45. The van der Waals surface area contributed by atoms with Crippen molar-refractivity contribution in [2.75, 3.05) is 39.3 Å². The average Bonchev–Trinajstić information content (AvgIpc) is 2.39. The van der Waals surface area contributed by atoms with Crippen LogP contribution in [0.15, 0.2) is 0 Å². The molecule has 0 aromatic rings. The van der Waals surface area contributed by atoms with Crippen LogP contribution < -0.4 is 10.4 Å². The highest BCUT2D eigenvalue weighted by Gasteiger charge is 2.27. The van der Waals surface area contributed by atoms with E-state index >= 15 is 0 Å². The van der Waals surface area contributed by atoms with Crippen molar-refractivity contribution < 1.29 is 20.0 Å². The number of nitrogens with zero attached hydrogens (tertiary/aromatic N) is 2.